The number of benzene rings is 2. The van der Waals surface area contributed by atoms with Crippen LogP contribution in [-0.4, -0.2) is 40.8 Å². The number of anilines is 2. The van der Waals surface area contributed by atoms with Gasteiger partial charge in [0.05, 0.1) is 54.7 Å². The average Bonchev–Trinajstić information content (AvgIpc) is 2.66. The monoisotopic (exact) mass is 492 g/mol. The lowest BCUT2D eigenvalue weighted by atomic mass is 10.1. The Labute approximate surface area is 192 Å². The summed E-state index contributed by atoms with van der Waals surface area (Å²) in [4.78, 5) is 21.9. The zero-order valence-electron chi connectivity index (χ0n) is 16.6. The van der Waals surface area contributed by atoms with E-state index >= 15 is 0 Å². The van der Waals surface area contributed by atoms with Gasteiger partial charge >= 0.3 is 11.9 Å². The molecule has 0 unspecified atom stereocenters. The molecule has 0 heterocycles. The van der Waals surface area contributed by atoms with Gasteiger partial charge < -0.3 is 15.2 Å². The highest BCUT2D eigenvalue weighted by atomic mass is 35.5. The summed E-state index contributed by atoms with van der Waals surface area (Å²) in [5.41, 5.74) is 7.74. The van der Waals surface area contributed by atoms with E-state index in [0.717, 1.165) is 11.8 Å². The minimum absolute atomic E-state index is 0. The maximum atomic E-state index is 11.0. The third-order valence-corrected chi connectivity index (χ3v) is 4.78. The molecular weight excluding hydrogens is 467 g/mol. The van der Waals surface area contributed by atoms with Crippen LogP contribution in [-0.2, 0) is 41.9 Å². The lowest BCUT2D eigenvalue weighted by Gasteiger charge is -2.07. The van der Waals surface area contributed by atoms with E-state index in [9.17, 15) is 18.0 Å². The molecule has 0 spiro atoms. The van der Waals surface area contributed by atoms with Gasteiger partial charge in [0.25, 0.3) is 0 Å². The molecule has 2 aromatic carbocycles. The third kappa shape index (κ3) is 10.9. The lowest BCUT2D eigenvalue weighted by Crippen LogP contribution is -2.10. The van der Waals surface area contributed by atoms with Crippen LogP contribution in [0.3, 0.4) is 0 Å². The van der Waals surface area contributed by atoms with Crippen LogP contribution < -0.4 is 10.5 Å². The number of methoxy groups -OCH3 is 2. The quantitative estimate of drug-likeness (QED) is 0.464. The van der Waals surface area contributed by atoms with Gasteiger partial charge in [0.15, 0.2) is 0 Å². The Morgan fingerprint density at radius 1 is 0.935 bits per heavy atom. The van der Waals surface area contributed by atoms with Crippen LogP contribution in [0.2, 0.25) is 10.0 Å². The van der Waals surface area contributed by atoms with Gasteiger partial charge in [-0.1, -0.05) is 42.8 Å². The smallest absolute Gasteiger partial charge is 0.309 e. The summed E-state index contributed by atoms with van der Waals surface area (Å²) in [7, 11) is -0.723. The highest BCUT2D eigenvalue weighted by molar-refractivity contribution is 7.92. The van der Waals surface area contributed by atoms with E-state index in [1.54, 1.807) is 24.3 Å². The highest BCUT2D eigenvalue weighted by Gasteiger charge is 2.09. The minimum atomic E-state index is -3.37. The van der Waals surface area contributed by atoms with Crippen LogP contribution in [0.15, 0.2) is 36.4 Å². The third-order valence-electron chi connectivity index (χ3n) is 3.55. The first-order valence-corrected chi connectivity index (χ1v) is 11.0. The Kier molecular flexibility index (Phi) is 12.0. The van der Waals surface area contributed by atoms with Gasteiger partial charge in [-0.05, 0) is 35.4 Å². The second-order valence-electron chi connectivity index (χ2n) is 6.05. The molecule has 0 atom stereocenters. The molecule has 0 fully saturated rings. The van der Waals surface area contributed by atoms with Crippen molar-refractivity contribution in [1.82, 2.24) is 0 Å². The molecule has 2 aromatic rings. The molecule has 8 nitrogen and oxygen atoms in total. The number of esters is 2. The number of nitrogen functional groups attached to an aromatic ring is 1. The van der Waals surface area contributed by atoms with Crippen LogP contribution in [0.25, 0.3) is 0 Å². The fourth-order valence-electron chi connectivity index (χ4n) is 2.11. The maximum Gasteiger partial charge on any atom is 0.309 e. The number of halogens is 2. The molecule has 0 radical (unpaired) electrons. The largest absolute Gasteiger partial charge is 0.469 e. The normalized spacial score (nSPS) is 10.1. The molecule has 2 rings (SSSR count). The van der Waals surface area contributed by atoms with E-state index in [1.165, 1.54) is 26.4 Å². The lowest BCUT2D eigenvalue weighted by molar-refractivity contribution is -0.140. The fourth-order valence-corrected chi connectivity index (χ4v) is 3.20. The van der Waals surface area contributed by atoms with Crippen molar-refractivity contribution in [2.24, 2.45) is 0 Å². The van der Waals surface area contributed by atoms with E-state index in [0.29, 0.717) is 16.3 Å². The van der Waals surface area contributed by atoms with Gasteiger partial charge in [-0.15, -0.1) is 0 Å². The Morgan fingerprint density at radius 2 is 1.39 bits per heavy atom. The van der Waals surface area contributed by atoms with Gasteiger partial charge in [0.2, 0.25) is 10.0 Å². The van der Waals surface area contributed by atoms with Crippen LogP contribution in [0.5, 0.6) is 0 Å². The Bertz CT molecular complexity index is 1010. The summed E-state index contributed by atoms with van der Waals surface area (Å²) < 4.78 is 33.3. The molecule has 0 amide bonds. The first-order valence-electron chi connectivity index (χ1n) is 8.39. The number of ether oxygens (including phenoxy) is 2. The van der Waals surface area contributed by atoms with E-state index < -0.39 is 10.0 Å². The Hall–Kier alpha value is -2.49. The summed E-state index contributed by atoms with van der Waals surface area (Å²) in [6.07, 6.45) is 1.34. The number of nitrogens with one attached hydrogen (secondary N) is 1. The van der Waals surface area contributed by atoms with Crippen molar-refractivity contribution in [2.45, 2.75) is 20.3 Å². The van der Waals surface area contributed by atoms with E-state index in [1.807, 2.05) is 0 Å². The van der Waals surface area contributed by atoms with Crippen LogP contribution in [0.4, 0.5) is 11.4 Å². The topological polar surface area (TPSA) is 125 Å². The SMILES string of the molecule is C.COC(=O)Cc1ccc(N)c(Cl)c1.COC(=O)Cc1ccc(NS(C)(=O)=O)c(Cl)c1. The van der Waals surface area contributed by atoms with Crippen molar-refractivity contribution < 1.29 is 27.5 Å². The van der Waals surface area contributed by atoms with Gasteiger partial charge in [-0.3, -0.25) is 14.3 Å². The van der Waals surface area contributed by atoms with Crippen LogP contribution in [0, 0.1) is 0 Å². The molecule has 31 heavy (non-hydrogen) atoms. The molecule has 0 aliphatic heterocycles. The summed E-state index contributed by atoms with van der Waals surface area (Å²) in [5.74, 6) is -0.675. The molecule has 0 aromatic heterocycles. The number of nitrogens with two attached hydrogens (primary N) is 1. The van der Waals surface area contributed by atoms with Crippen LogP contribution >= 0.6 is 23.2 Å². The van der Waals surface area contributed by atoms with Crippen molar-refractivity contribution in [3.8, 4) is 0 Å². The average molecular weight is 493 g/mol. The summed E-state index contributed by atoms with van der Waals surface area (Å²) in [6, 6.07) is 9.70. The molecule has 0 saturated carbocycles. The van der Waals surface area contributed by atoms with E-state index in [4.69, 9.17) is 28.9 Å². The maximum absolute atomic E-state index is 11.0. The fraction of sp³-hybridized carbons (Fsp3) is 0.300. The number of hydrogen-bond acceptors (Lipinski definition) is 7. The predicted octanol–water partition coefficient (Wildman–Crippen LogP) is 3.70. The van der Waals surface area contributed by atoms with Gasteiger partial charge in [-0.25, -0.2) is 8.42 Å². The van der Waals surface area contributed by atoms with Crippen molar-refractivity contribution in [1.29, 1.82) is 0 Å². The molecule has 172 valence electrons. The molecular formula is C20H26Cl2N2O6S. The number of carbonyl (C=O) groups excluding carboxylic acids is 2. The first-order chi connectivity index (χ1) is 13.9. The first kappa shape index (κ1) is 28.5. The Balaban J connectivity index is 0.000000581. The zero-order chi connectivity index (χ0) is 22.9. The summed E-state index contributed by atoms with van der Waals surface area (Å²) in [5, 5.41) is 0.693. The van der Waals surface area contributed by atoms with Gasteiger partial charge in [0, 0.05) is 0 Å². The standard InChI is InChI=1S/C10H12ClNO4S.C9H10ClNO2.CH4/c1-16-10(13)6-7-3-4-9(8(11)5-7)12-17(2,14)15;1-13-9(12)5-6-2-3-8(11)7(10)4-6;/h3-5,12H,6H2,1-2H3;2-4H,5,11H2,1H3;1H4. The van der Waals surface area contributed by atoms with Crippen molar-refractivity contribution >= 4 is 56.5 Å². The van der Waals surface area contributed by atoms with Gasteiger partial charge in [-0.2, -0.15) is 0 Å². The zero-order valence-corrected chi connectivity index (χ0v) is 18.9. The number of sulfonamides is 1. The summed E-state index contributed by atoms with van der Waals surface area (Å²) in [6.45, 7) is 0. The number of hydrogen-bond donors (Lipinski definition) is 2. The van der Waals surface area contributed by atoms with E-state index in [-0.39, 0.29) is 42.9 Å². The second-order valence-corrected chi connectivity index (χ2v) is 8.61. The summed E-state index contributed by atoms with van der Waals surface area (Å²) >= 11 is 11.6. The van der Waals surface area contributed by atoms with Crippen molar-refractivity contribution in [3.05, 3.63) is 57.6 Å². The molecule has 0 aliphatic carbocycles. The number of carbonyl (C=O) groups is 2. The van der Waals surface area contributed by atoms with Gasteiger partial charge in [0.1, 0.15) is 0 Å². The number of rotatable bonds is 6. The minimum Gasteiger partial charge on any atom is -0.469 e. The molecule has 0 aliphatic rings. The molecule has 3 N–H and O–H groups in total. The van der Waals surface area contributed by atoms with E-state index in [2.05, 4.69) is 14.2 Å². The van der Waals surface area contributed by atoms with Crippen molar-refractivity contribution in [2.75, 3.05) is 30.9 Å². The highest BCUT2D eigenvalue weighted by Crippen LogP contribution is 2.24. The molecule has 0 bridgehead atoms. The molecule has 11 heteroatoms. The van der Waals surface area contributed by atoms with Crippen molar-refractivity contribution in [3.63, 3.8) is 0 Å². The predicted molar refractivity (Wildman–Crippen MR) is 124 cm³/mol. The second kappa shape index (κ2) is 13.0. The Morgan fingerprint density at radius 3 is 1.77 bits per heavy atom. The molecule has 0 saturated heterocycles. The van der Waals surface area contributed by atoms with Crippen LogP contribution in [0.1, 0.15) is 18.6 Å².